The van der Waals surface area contributed by atoms with Gasteiger partial charge < -0.3 is 9.50 Å². The van der Waals surface area contributed by atoms with Crippen molar-refractivity contribution in [3.05, 3.63) is 52.1 Å². The first-order chi connectivity index (χ1) is 11.8. The number of aromatic amines is 1. The number of fused-ring (bicyclic) bond motifs is 1. The highest BCUT2D eigenvalue weighted by molar-refractivity contribution is 7.87. The molecule has 0 aliphatic rings. The van der Waals surface area contributed by atoms with Gasteiger partial charge in [0.2, 0.25) is 0 Å². The number of hydrogen-bond donors (Lipinski definition) is 2. The van der Waals surface area contributed by atoms with E-state index in [1.54, 1.807) is 6.07 Å². The predicted molar refractivity (Wildman–Crippen MR) is 93.8 cm³/mol. The number of benzene rings is 2. The lowest BCUT2D eigenvalue weighted by molar-refractivity contribution is 0.0959. The van der Waals surface area contributed by atoms with Crippen molar-refractivity contribution in [2.45, 2.75) is 4.90 Å². The second-order valence-electron chi connectivity index (χ2n) is 4.97. The quantitative estimate of drug-likeness (QED) is 0.656. The maximum absolute atomic E-state index is 12.4. The molecule has 7 nitrogen and oxygen atoms in total. The number of aromatic nitrogens is 2. The zero-order chi connectivity index (χ0) is 18.2. The summed E-state index contributed by atoms with van der Waals surface area (Å²) in [5.74, 6) is -0.374. The molecule has 0 atom stereocenters. The minimum Gasteiger partial charge on any atom is -0.379 e. The van der Waals surface area contributed by atoms with Crippen LogP contribution in [0, 0.1) is 0 Å². The van der Waals surface area contributed by atoms with Gasteiger partial charge in [0.1, 0.15) is 10.6 Å². The number of amides is 1. The molecule has 3 aromatic rings. The Morgan fingerprint density at radius 1 is 1.16 bits per heavy atom. The van der Waals surface area contributed by atoms with Crippen LogP contribution in [0.5, 0.6) is 5.75 Å². The van der Waals surface area contributed by atoms with Gasteiger partial charge in [-0.05, 0) is 36.4 Å². The second-order valence-corrected chi connectivity index (χ2v) is 7.33. The fourth-order valence-corrected chi connectivity index (χ4v) is 3.46. The molecular formula is C15H11Cl2N3O4S. The third-order valence-corrected chi connectivity index (χ3v) is 5.34. The van der Waals surface area contributed by atoms with E-state index in [0.717, 1.165) is 0 Å². The molecule has 1 amide bonds. The van der Waals surface area contributed by atoms with Gasteiger partial charge in [-0.15, -0.1) is 0 Å². The van der Waals surface area contributed by atoms with E-state index in [1.165, 1.54) is 37.4 Å². The minimum atomic E-state index is -4.12. The lowest BCUT2D eigenvalue weighted by Crippen LogP contribution is -2.18. The first-order valence-electron chi connectivity index (χ1n) is 6.91. The van der Waals surface area contributed by atoms with Crippen molar-refractivity contribution in [2.75, 3.05) is 7.05 Å². The SMILES string of the molecule is CNC(=O)c1n[nH]c2ccc(OS(=O)(=O)c3ccc(Cl)c(Cl)c3)cc12. The number of nitrogens with one attached hydrogen (secondary N) is 2. The third-order valence-electron chi connectivity index (χ3n) is 3.36. The average Bonchev–Trinajstić information content (AvgIpc) is 2.99. The Labute approximate surface area is 153 Å². The lowest BCUT2D eigenvalue weighted by Gasteiger charge is -2.08. The van der Waals surface area contributed by atoms with E-state index in [9.17, 15) is 13.2 Å². The van der Waals surface area contributed by atoms with E-state index in [0.29, 0.717) is 10.9 Å². The average molecular weight is 400 g/mol. The topological polar surface area (TPSA) is 101 Å². The summed E-state index contributed by atoms with van der Waals surface area (Å²) in [5, 5.41) is 9.82. The second kappa shape index (κ2) is 6.55. The number of halogens is 2. The van der Waals surface area contributed by atoms with Gasteiger partial charge in [0.15, 0.2) is 5.69 Å². The Morgan fingerprint density at radius 2 is 1.92 bits per heavy atom. The molecule has 3 rings (SSSR count). The number of carbonyl (C=O) groups is 1. The Kier molecular flexibility index (Phi) is 4.59. The van der Waals surface area contributed by atoms with Gasteiger partial charge in [-0.1, -0.05) is 23.2 Å². The highest BCUT2D eigenvalue weighted by atomic mass is 35.5. The summed E-state index contributed by atoms with van der Waals surface area (Å²) in [6.45, 7) is 0. The van der Waals surface area contributed by atoms with E-state index >= 15 is 0 Å². The van der Waals surface area contributed by atoms with Crippen LogP contribution in [0.1, 0.15) is 10.5 Å². The van der Waals surface area contributed by atoms with Gasteiger partial charge in [0.25, 0.3) is 5.91 Å². The fourth-order valence-electron chi connectivity index (χ4n) is 2.14. The Hall–Kier alpha value is -2.29. The summed E-state index contributed by atoms with van der Waals surface area (Å²) in [5.41, 5.74) is 0.702. The molecule has 0 aliphatic heterocycles. The van der Waals surface area contributed by atoms with Crippen LogP contribution in [-0.4, -0.2) is 31.6 Å². The van der Waals surface area contributed by atoms with Crippen LogP contribution in [0.4, 0.5) is 0 Å². The molecule has 0 saturated carbocycles. The van der Waals surface area contributed by atoms with E-state index in [4.69, 9.17) is 27.4 Å². The Morgan fingerprint density at radius 3 is 2.60 bits per heavy atom. The normalized spacial score (nSPS) is 11.5. The van der Waals surface area contributed by atoms with E-state index in [1.807, 2.05) is 0 Å². The molecule has 0 fully saturated rings. The first-order valence-corrected chi connectivity index (χ1v) is 9.08. The zero-order valence-electron chi connectivity index (χ0n) is 12.7. The molecule has 0 aliphatic carbocycles. The molecule has 0 saturated heterocycles. The Balaban J connectivity index is 1.99. The summed E-state index contributed by atoms with van der Waals surface area (Å²) in [7, 11) is -2.65. The third kappa shape index (κ3) is 3.41. The summed E-state index contributed by atoms with van der Waals surface area (Å²) >= 11 is 11.6. The molecule has 10 heteroatoms. The minimum absolute atomic E-state index is 0.0325. The molecular weight excluding hydrogens is 389 g/mol. The van der Waals surface area contributed by atoms with Crippen LogP contribution < -0.4 is 9.50 Å². The molecule has 25 heavy (non-hydrogen) atoms. The van der Waals surface area contributed by atoms with Gasteiger partial charge >= 0.3 is 10.1 Å². The van der Waals surface area contributed by atoms with E-state index in [2.05, 4.69) is 15.5 Å². The summed E-state index contributed by atoms with van der Waals surface area (Å²) in [6.07, 6.45) is 0. The summed E-state index contributed by atoms with van der Waals surface area (Å²) < 4.78 is 29.9. The smallest absolute Gasteiger partial charge is 0.339 e. The molecule has 1 aromatic heterocycles. The summed E-state index contributed by atoms with van der Waals surface area (Å²) in [4.78, 5) is 11.7. The van der Waals surface area contributed by atoms with Gasteiger partial charge in [0.05, 0.1) is 15.6 Å². The number of nitrogens with zero attached hydrogens (tertiary/aromatic N) is 1. The maximum Gasteiger partial charge on any atom is 0.339 e. The highest BCUT2D eigenvalue weighted by Crippen LogP contribution is 2.28. The molecule has 0 radical (unpaired) electrons. The molecule has 0 spiro atoms. The molecule has 2 aromatic carbocycles. The molecule has 0 bridgehead atoms. The number of H-pyrrole nitrogens is 1. The van der Waals surface area contributed by atoms with Crippen molar-refractivity contribution in [3.8, 4) is 5.75 Å². The Bertz CT molecular complexity index is 1080. The molecule has 1 heterocycles. The standard InChI is InChI=1S/C15H11Cl2N3O4S/c1-18-15(21)14-10-6-8(2-5-13(10)19-20-14)24-25(22,23)9-3-4-11(16)12(17)7-9/h2-7H,1H3,(H,18,21)(H,19,20). The maximum atomic E-state index is 12.4. The largest absolute Gasteiger partial charge is 0.379 e. The van der Waals surface area contributed by atoms with Gasteiger partial charge in [-0.3, -0.25) is 9.89 Å². The van der Waals surface area contributed by atoms with Crippen LogP contribution in [0.3, 0.4) is 0 Å². The van der Waals surface area contributed by atoms with E-state index < -0.39 is 16.0 Å². The number of rotatable bonds is 4. The highest BCUT2D eigenvalue weighted by Gasteiger charge is 2.20. The van der Waals surface area contributed by atoms with Crippen molar-refractivity contribution < 1.29 is 17.4 Å². The lowest BCUT2D eigenvalue weighted by atomic mass is 10.2. The van der Waals surface area contributed by atoms with Crippen LogP contribution >= 0.6 is 23.2 Å². The molecule has 130 valence electrons. The van der Waals surface area contributed by atoms with Crippen LogP contribution in [0.2, 0.25) is 10.0 Å². The van der Waals surface area contributed by atoms with Crippen LogP contribution in [0.25, 0.3) is 10.9 Å². The van der Waals surface area contributed by atoms with Gasteiger partial charge in [0, 0.05) is 12.4 Å². The molecule has 0 unspecified atom stereocenters. The van der Waals surface area contributed by atoms with Gasteiger partial charge in [-0.2, -0.15) is 13.5 Å². The van der Waals surface area contributed by atoms with Crippen molar-refractivity contribution in [1.29, 1.82) is 0 Å². The number of hydrogen-bond acceptors (Lipinski definition) is 5. The zero-order valence-corrected chi connectivity index (χ0v) is 15.0. The van der Waals surface area contributed by atoms with Crippen LogP contribution in [0.15, 0.2) is 41.3 Å². The van der Waals surface area contributed by atoms with Crippen molar-refractivity contribution in [1.82, 2.24) is 15.5 Å². The first kappa shape index (κ1) is 17.5. The summed E-state index contributed by atoms with van der Waals surface area (Å²) in [6, 6.07) is 8.28. The fraction of sp³-hybridized carbons (Fsp3) is 0.0667. The predicted octanol–water partition coefficient (Wildman–Crippen LogP) is 3.00. The molecule has 2 N–H and O–H groups in total. The monoisotopic (exact) mass is 399 g/mol. The van der Waals surface area contributed by atoms with Gasteiger partial charge in [-0.25, -0.2) is 0 Å². The number of carbonyl (C=O) groups excluding carboxylic acids is 1. The van der Waals surface area contributed by atoms with Crippen molar-refractivity contribution in [3.63, 3.8) is 0 Å². The van der Waals surface area contributed by atoms with Crippen molar-refractivity contribution in [2.24, 2.45) is 0 Å². The van der Waals surface area contributed by atoms with Crippen LogP contribution in [-0.2, 0) is 10.1 Å². The van der Waals surface area contributed by atoms with E-state index in [-0.39, 0.29) is 26.4 Å². The van der Waals surface area contributed by atoms with Crippen molar-refractivity contribution >= 4 is 50.1 Å².